The highest BCUT2D eigenvalue weighted by Gasteiger charge is 2.29. The summed E-state index contributed by atoms with van der Waals surface area (Å²) in [4.78, 5) is 21.2. The van der Waals surface area contributed by atoms with E-state index in [1.165, 1.54) is 60.3 Å². The molecule has 240 valence electrons. The van der Waals surface area contributed by atoms with Crippen molar-refractivity contribution in [3.8, 4) is 16.2 Å². The van der Waals surface area contributed by atoms with Crippen LogP contribution in [-0.4, -0.2) is 16.6 Å². The van der Waals surface area contributed by atoms with Crippen LogP contribution >= 0.6 is 11.3 Å². The number of hydrogen-bond acceptors (Lipinski definition) is 4. The van der Waals surface area contributed by atoms with Crippen LogP contribution in [0.5, 0.6) is 5.75 Å². The summed E-state index contributed by atoms with van der Waals surface area (Å²) in [6.45, 7) is 8.92. The van der Waals surface area contributed by atoms with Crippen LogP contribution in [-0.2, 0) is 11.2 Å². The summed E-state index contributed by atoms with van der Waals surface area (Å²) in [6.07, 6.45) is 17.7. The van der Waals surface area contributed by atoms with E-state index < -0.39 is 0 Å². The van der Waals surface area contributed by atoms with Crippen LogP contribution < -0.4 is 0 Å². The number of phenolic OH excluding ortho intramolecular Hbond substituents is 1. The third kappa shape index (κ3) is 7.55. The molecule has 6 rings (SSSR count). The zero-order valence-electron chi connectivity index (χ0n) is 28.0. The smallest absolute Gasteiger partial charge is 0.164 e. The average Bonchev–Trinajstić information content (AvgIpc) is 3.31. The number of thiophene rings is 1. The summed E-state index contributed by atoms with van der Waals surface area (Å²) in [5, 5.41) is 11.1. The number of carbonyl (C=O) groups excluding carboxylic acids is 1. The Kier molecular flexibility index (Phi) is 10.2. The summed E-state index contributed by atoms with van der Waals surface area (Å²) in [6, 6.07) is 18.9. The molecule has 3 nitrogen and oxygen atoms in total. The van der Waals surface area contributed by atoms with Crippen LogP contribution in [0.1, 0.15) is 94.6 Å². The number of hydrogen-bond donors (Lipinski definition) is 1. The lowest BCUT2D eigenvalue weighted by molar-refractivity contribution is -0.114. The van der Waals surface area contributed by atoms with E-state index in [0.29, 0.717) is 17.6 Å². The number of phenols is 1. The highest BCUT2D eigenvalue weighted by atomic mass is 32.1. The lowest BCUT2D eigenvalue weighted by Gasteiger charge is -2.22. The van der Waals surface area contributed by atoms with Gasteiger partial charge in [0.2, 0.25) is 0 Å². The number of rotatable bonds is 6. The molecule has 1 N–H and O–H groups in total. The summed E-state index contributed by atoms with van der Waals surface area (Å²) in [5.41, 5.74) is 8.22. The van der Waals surface area contributed by atoms with Crippen molar-refractivity contribution in [2.24, 2.45) is 28.7 Å². The van der Waals surface area contributed by atoms with Crippen molar-refractivity contribution < 1.29 is 9.90 Å². The second-order valence-corrected chi connectivity index (χ2v) is 15.3. The van der Waals surface area contributed by atoms with Crippen LogP contribution in [0.25, 0.3) is 16.0 Å². The normalized spacial score (nSPS) is 25.0. The Balaban J connectivity index is 1.23. The first kappa shape index (κ1) is 32.4. The Labute approximate surface area is 279 Å². The van der Waals surface area contributed by atoms with Gasteiger partial charge in [0.15, 0.2) is 5.78 Å². The third-order valence-corrected chi connectivity index (χ3v) is 11.6. The van der Waals surface area contributed by atoms with Crippen molar-refractivity contribution in [3.63, 3.8) is 0 Å². The van der Waals surface area contributed by atoms with Gasteiger partial charge in [-0.25, -0.2) is 0 Å². The largest absolute Gasteiger partial charge is 0.507 e. The number of allylic oxidation sites excluding steroid dienone is 6. The molecule has 4 unspecified atom stereocenters. The molecule has 3 aromatic rings. The van der Waals surface area contributed by atoms with Gasteiger partial charge in [-0.05, 0) is 121 Å². The van der Waals surface area contributed by atoms with Crippen LogP contribution in [0.2, 0.25) is 0 Å². The maximum Gasteiger partial charge on any atom is 0.164 e. The number of aliphatic imine (C=N–C) groups is 1. The van der Waals surface area contributed by atoms with Crippen molar-refractivity contribution in [1.82, 2.24) is 0 Å². The molecule has 4 heteroatoms. The van der Waals surface area contributed by atoms with Crippen molar-refractivity contribution in [2.75, 3.05) is 0 Å². The zero-order chi connectivity index (χ0) is 32.2. The molecular formula is C42H49NO2S. The molecule has 4 atom stereocenters. The fourth-order valence-electron chi connectivity index (χ4n) is 7.54. The molecule has 0 bridgehead atoms. The lowest BCUT2D eigenvalue weighted by atomic mass is 9.84. The van der Waals surface area contributed by atoms with Gasteiger partial charge in [0.1, 0.15) is 5.75 Å². The van der Waals surface area contributed by atoms with E-state index in [1.807, 2.05) is 18.2 Å². The summed E-state index contributed by atoms with van der Waals surface area (Å²) in [7, 11) is 0. The maximum absolute atomic E-state index is 13.7. The molecule has 0 saturated heterocycles. The zero-order valence-corrected chi connectivity index (χ0v) is 28.8. The van der Waals surface area contributed by atoms with Gasteiger partial charge in [-0.15, -0.1) is 11.3 Å². The Morgan fingerprint density at radius 1 is 0.957 bits per heavy atom. The SMILES string of the molecule is CCC1CC(=O)C(c2ccc(-c3ccc(C)s3)cc2O)=CC2=CCC(C)C(=Nc3ccc(CC4CCCC(C)CC4)cc3)CC=C21. The third-order valence-electron chi connectivity index (χ3n) is 10.5. The van der Waals surface area contributed by atoms with Crippen molar-refractivity contribution in [2.45, 2.75) is 91.9 Å². The predicted octanol–water partition coefficient (Wildman–Crippen LogP) is 11.6. The number of benzene rings is 2. The molecule has 0 radical (unpaired) electrons. The number of nitrogens with zero attached hydrogens (tertiary/aromatic N) is 1. The fraction of sp³-hybridized carbons (Fsp3) is 0.429. The van der Waals surface area contributed by atoms with Gasteiger partial charge in [0.05, 0.1) is 5.69 Å². The van der Waals surface area contributed by atoms with E-state index >= 15 is 0 Å². The lowest BCUT2D eigenvalue weighted by Crippen LogP contribution is -2.14. The van der Waals surface area contributed by atoms with E-state index in [1.54, 1.807) is 17.4 Å². The van der Waals surface area contributed by atoms with Gasteiger partial charge in [0, 0.05) is 39.4 Å². The van der Waals surface area contributed by atoms with Crippen molar-refractivity contribution >= 4 is 34.1 Å². The molecule has 0 amide bonds. The minimum Gasteiger partial charge on any atom is -0.507 e. The monoisotopic (exact) mass is 631 g/mol. The first-order chi connectivity index (χ1) is 22.3. The van der Waals surface area contributed by atoms with Gasteiger partial charge in [-0.1, -0.05) is 76.8 Å². The van der Waals surface area contributed by atoms with Crippen molar-refractivity contribution in [1.29, 1.82) is 0 Å². The highest BCUT2D eigenvalue weighted by molar-refractivity contribution is 7.15. The molecular weight excluding hydrogens is 583 g/mol. The van der Waals surface area contributed by atoms with Gasteiger partial charge in [-0.2, -0.15) is 0 Å². The van der Waals surface area contributed by atoms with Crippen LogP contribution in [0, 0.1) is 30.6 Å². The first-order valence-electron chi connectivity index (χ1n) is 17.5. The molecule has 3 aliphatic carbocycles. The summed E-state index contributed by atoms with van der Waals surface area (Å²) >= 11 is 1.71. The fourth-order valence-corrected chi connectivity index (χ4v) is 8.40. The molecule has 2 aromatic carbocycles. The number of aromatic hydroxyl groups is 1. The van der Waals surface area contributed by atoms with E-state index in [4.69, 9.17) is 4.99 Å². The van der Waals surface area contributed by atoms with Gasteiger partial charge in [-0.3, -0.25) is 9.79 Å². The second-order valence-electron chi connectivity index (χ2n) is 14.0. The minimum atomic E-state index is 0.0933. The van der Waals surface area contributed by atoms with Gasteiger partial charge >= 0.3 is 0 Å². The van der Waals surface area contributed by atoms with Crippen LogP contribution in [0.4, 0.5) is 5.69 Å². The van der Waals surface area contributed by atoms with Crippen LogP contribution in [0.15, 0.2) is 89.0 Å². The van der Waals surface area contributed by atoms with E-state index in [-0.39, 0.29) is 23.4 Å². The van der Waals surface area contributed by atoms with E-state index in [0.717, 1.165) is 52.8 Å². The molecule has 1 fully saturated rings. The van der Waals surface area contributed by atoms with Gasteiger partial charge in [0.25, 0.3) is 0 Å². The number of ketones is 1. The minimum absolute atomic E-state index is 0.0933. The predicted molar refractivity (Wildman–Crippen MR) is 195 cm³/mol. The molecule has 0 aliphatic heterocycles. The van der Waals surface area contributed by atoms with E-state index in [9.17, 15) is 9.90 Å². The Morgan fingerprint density at radius 2 is 1.78 bits per heavy atom. The number of fused-ring (bicyclic) bond motifs is 1. The van der Waals surface area contributed by atoms with Gasteiger partial charge < -0.3 is 5.11 Å². The van der Waals surface area contributed by atoms with E-state index in [2.05, 4.69) is 76.2 Å². The summed E-state index contributed by atoms with van der Waals surface area (Å²) in [5.74, 6) is 2.38. The molecule has 1 aromatic heterocycles. The number of carbonyl (C=O) groups is 1. The molecule has 1 saturated carbocycles. The number of Topliss-reactive ketones (excluding diaryl/α,β-unsaturated/α-hetero) is 1. The summed E-state index contributed by atoms with van der Waals surface area (Å²) < 4.78 is 0. The maximum atomic E-state index is 13.7. The van der Waals surface area contributed by atoms with Crippen molar-refractivity contribution in [3.05, 3.63) is 100.0 Å². The Hall–Kier alpha value is -3.50. The standard InChI is InChI=1S/C42H49NO2S/c1-5-32-25-41(45)38(37-19-16-34(26-40(37)44)42-22-11-29(4)46-42)24-33-15-10-28(3)39(21-20-36(32)33)43-35-17-13-31(14-18-35)23-30-8-6-7-27(2)9-12-30/h11,13-20,22,24,26-28,30,32,44H,5-10,12,21,23,25H2,1-4H3. The molecule has 1 heterocycles. The van der Waals surface area contributed by atoms with Crippen LogP contribution in [0.3, 0.4) is 0 Å². The number of aryl methyl sites for hydroxylation is 1. The quantitative estimate of drug-likeness (QED) is 0.275. The Morgan fingerprint density at radius 3 is 2.52 bits per heavy atom. The second kappa shape index (κ2) is 14.5. The Bertz CT molecular complexity index is 1680. The highest BCUT2D eigenvalue weighted by Crippen LogP contribution is 2.41. The topological polar surface area (TPSA) is 49.7 Å². The molecule has 0 spiro atoms. The average molecular weight is 632 g/mol. The molecule has 3 aliphatic rings. The first-order valence-corrected chi connectivity index (χ1v) is 18.3. The molecule has 46 heavy (non-hydrogen) atoms.